The van der Waals surface area contributed by atoms with Crippen LogP contribution in [0.2, 0.25) is 0 Å². The molecule has 0 aliphatic rings. The van der Waals surface area contributed by atoms with E-state index < -0.39 is 10.8 Å². The highest BCUT2D eigenvalue weighted by Crippen LogP contribution is 2.25. The van der Waals surface area contributed by atoms with Gasteiger partial charge in [0.25, 0.3) is 5.91 Å². The number of nitrogens with one attached hydrogen (secondary N) is 2. The Balaban J connectivity index is 2.24. The number of H-pyrrole nitrogens is 1. The largest absolute Gasteiger partial charge is 0.347 e. The first-order valence-corrected chi connectivity index (χ1v) is 7.74. The summed E-state index contributed by atoms with van der Waals surface area (Å²) in [5, 5.41) is 20.4. The fraction of sp³-hybridized carbons (Fsp3) is 0.412. The van der Waals surface area contributed by atoms with Crippen LogP contribution in [0.5, 0.6) is 0 Å². The SMILES string of the molecule is Cc1[nH]nc(C(=O)N[C@H](Cc2ccccc2)C(C)(C)C)c1[N+](=O)[O-]. The molecule has 0 saturated carbocycles. The Bertz CT molecular complexity index is 732. The van der Waals surface area contributed by atoms with Gasteiger partial charge < -0.3 is 5.32 Å². The molecule has 128 valence electrons. The number of carbonyl (C=O) groups is 1. The average molecular weight is 330 g/mol. The Morgan fingerprint density at radius 3 is 2.50 bits per heavy atom. The first-order valence-electron chi connectivity index (χ1n) is 7.74. The number of aromatic nitrogens is 2. The smallest absolute Gasteiger partial charge is 0.322 e. The van der Waals surface area contributed by atoms with Crippen LogP contribution in [0, 0.1) is 22.5 Å². The van der Waals surface area contributed by atoms with E-state index in [1.165, 1.54) is 6.92 Å². The summed E-state index contributed by atoms with van der Waals surface area (Å²) in [4.78, 5) is 23.1. The highest BCUT2D eigenvalue weighted by Gasteiger charge is 2.32. The van der Waals surface area contributed by atoms with E-state index >= 15 is 0 Å². The Morgan fingerprint density at radius 2 is 1.96 bits per heavy atom. The fourth-order valence-corrected chi connectivity index (χ4v) is 2.46. The van der Waals surface area contributed by atoms with Gasteiger partial charge in [-0.1, -0.05) is 51.1 Å². The topological polar surface area (TPSA) is 101 Å². The molecule has 1 aromatic heterocycles. The van der Waals surface area contributed by atoms with E-state index in [2.05, 4.69) is 15.5 Å². The summed E-state index contributed by atoms with van der Waals surface area (Å²) in [6, 6.07) is 9.61. The van der Waals surface area contributed by atoms with Crippen LogP contribution in [0.25, 0.3) is 0 Å². The van der Waals surface area contributed by atoms with Crippen molar-refractivity contribution in [1.82, 2.24) is 15.5 Å². The molecule has 0 saturated heterocycles. The lowest BCUT2D eigenvalue weighted by Gasteiger charge is -2.31. The third kappa shape index (κ3) is 3.98. The van der Waals surface area contributed by atoms with Gasteiger partial charge in [0.05, 0.1) is 4.92 Å². The van der Waals surface area contributed by atoms with Gasteiger partial charge in [-0.05, 0) is 24.3 Å². The maximum Gasteiger partial charge on any atom is 0.322 e. The van der Waals surface area contributed by atoms with Crippen LogP contribution in [0.1, 0.15) is 42.5 Å². The quantitative estimate of drug-likeness (QED) is 0.650. The van der Waals surface area contributed by atoms with Crippen molar-refractivity contribution in [3.63, 3.8) is 0 Å². The number of carbonyl (C=O) groups excluding carboxylic acids is 1. The van der Waals surface area contributed by atoms with Crippen molar-refractivity contribution < 1.29 is 9.72 Å². The average Bonchev–Trinajstić information content (AvgIpc) is 2.88. The monoisotopic (exact) mass is 330 g/mol. The van der Waals surface area contributed by atoms with E-state index in [1.54, 1.807) is 0 Å². The molecule has 2 rings (SSSR count). The lowest BCUT2D eigenvalue weighted by molar-refractivity contribution is -0.385. The predicted octanol–water partition coefficient (Wildman–Crippen LogP) is 3.01. The minimum absolute atomic E-state index is 0.181. The summed E-state index contributed by atoms with van der Waals surface area (Å²) in [5.41, 5.74) is 0.677. The number of nitrogens with zero attached hydrogens (tertiary/aromatic N) is 2. The van der Waals surface area contributed by atoms with Gasteiger partial charge in [-0.25, -0.2) is 0 Å². The number of amides is 1. The molecule has 1 heterocycles. The van der Waals surface area contributed by atoms with E-state index in [-0.39, 0.29) is 28.5 Å². The number of benzene rings is 1. The second kappa shape index (κ2) is 6.82. The highest BCUT2D eigenvalue weighted by molar-refractivity contribution is 5.96. The van der Waals surface area contributed by atoms with Gasteiger partial charge in [-0.15, -0.1) is 0 Å². The van der Waals surface area contributed by atoms with Gasteiger partial charge in [0, 0.05) is 6.04 Å². The molecule has 1 aromatic carbocycles. The third-order valence-corrected chi connectivity index (χ3v) is 3.95. The van der Waals surface area contributed by atoms with Crippen LogP contribution < -0.4 is 5.32 Å². The van der Waals surface area contributed by atoms with E-state index in [1.807, 2.05) is 51.1 Å². The van der Waals surface area contributed by atoms with Crippen molar-refractivity contribution in [1.29, 1.82) is 0 Å². The van der Waals surface area contributed by atoms with Crippen molar-refractivity contribution in [3.05, 3.63) is 57.4 Å². The van der Waals surface area contributed by atoms with Gasteiger partial charge >= 0.3 is 5.69 Å². The van der Waals surface area contributed by atoms with Crippen LogP contribution in [0.3, 0.4) is 0 Å². The molecule has 0 radical (unpaired) electrons. The highest BCUT2D eigenvalue weighted by atomic mass is 16.6. The molecule has 0 spiro atoms. The fourth-order valence-electron chi connectivity index (χ4n) is 2.46. The van der Waals surface area contributed by atoms with Gasteiger partial charge in [-0.3, -0.25) is 20.0 Å². The molecule has 0 aliphatic heterocycles. The lowest BCUT2D eigenvalue weighted by atomic mass is 9.83. The van der Waals surface area contributed by atoms with Gasteiger partial charge in [0.1, 0.15) is 5.69 Å². The van der Waals surface area contributed by atoms with Crippen LogP contribution in [0.4, 0.5) is 5.69 Å². The van der Waals surface area contributed by atoms with E-state index in [9.17, 15) is 14.9 Å². The molecule has 0 unspecified atom stereocenters. The minimum Gasteiger partial charge on any atom is -0.347 e. The number of aryl methyl sites for hydroxylation is 1. The second-order valence-corrected chi connectivity index (χ2v) is 6.88. The molecule has 0 bridgehead atoms. The zero-order valence-corrected chi connectivity index (χ0v) is 14.3. The third-order valence-electron chi connectivity index (χ3n) is 3.95. The summed E-state index contributed by atoms with van der Waals surface area (Å²) in [5.74, 6) is -0.540. The van der Waals surface area contributed by atoms with Crippen LogP contribution in [0.15, 0.2) is 30.3 Å². The molecule has 24 heavy (non-hydrogen) atoms. The first kappa shape index (κ1) is 17.7. The molecule has 1 amide bonds. The van der Waals surface area contributed by atoms with Gasteiger partial charge in [0.15, 0.2) is 0 Å². The summed E-state index contributed by atoms with van der Waals surface area (Å²) in [7, 11) is 0. The van der Waals surface area contributed by atoms with E-state index in [4.69, 9.17) is 0 Å². The van der Waals surface area contributed by atoms with E-state index in [0.29, 0.717) is 6.42 Å². The molecule has 0 aliphatic carbocycles. The number of hydrogen-bond donors (Lipinski definition) is 2. The van der Waals surface area contributed by atoms with Crippen LogP contribution in [-0.2, 0) is 6.42 Å². The molecule has 7 nitrogen and oxygen atoms in total. The zero-order valence-electron chi connectivity index (χ0n) is 14.3. The van der Waals surface area contributed by atoms with Gasteiger partial charge in [0.2, 0.25) is 5.69 Å². The first-order chi connectivity index (χ1) is 11.2. The Morgan fingerprint density at radius 1 is 1.33 bits per heavy atom. The molecule has 2 aromatic rings. The van der Waals surface area contributed by atoms with Crippen molar-refractivity contribution >= 4 is 11.6 Å². The second-order valence-electron chi connectivity index (χ2n) is 6.88. The molecule has 1 atom stereocenters. The number of hydrogen-bond acceptors (Lipinski definition) is 4. The maximum absolute atomic E-state index is 12.5. The summed E-state index contributed by atoms with van der Waals surface area (Å²) in [6.07, 6.45) is 0.632. The normalized spacial score (nSPS) is 12.7. The van der Waals surface area contributed by atoms with Crippen molar-refractivity contribution in [2.24, 2.45) is 5.41 Å². The number of rotatable bonds is 5. The summed E-state index contributed by atoms with van der Waals surface area (Å²) in [6.45, 7) is 7.58. The van der Waals surface area contributed by atoms with Crippen molar-refractivity contribution in [3.8, 4) is 0 Å². The molecular formula is C17H22N4O3. The maximum atomic E-state index is 12.5. The summed E-state index contributed by atoms with van der Waals surface area (Å²) < 4.78 is 0. The zero-order chi connectivity index (χ0) is 17.9. The predicted molar refractivity (Wildman–Crippen MR) is 90.8 cm³/mol. The lowest BCUT2D eigenvalue weighted by Crippen LogP contribution is -2.45. The van der Waals surface area contributed by atoms with Crippen LogP contribution in [-0.4, -0.2) is 27.1 Å². The van der Waals surface area contributed by atoms with Crippen LogP contribution >= 0.6 is 0 Å². The van der Waals surface area contributed by atoms with Crippen molar-refractivity contribution in [2.45, 2.75) is 40.2 Å². The molecule has 7 heteroatoms. The van der Waals surface area contributed by atoms with Crippen molar-refractivity contribution in [2.75, 3.05) is 0 Å². The standard InChI is InChI=1S/C17H22N4O3/c1-11-15(21(23)24)14(20-19-11)16(22)18-13(17(2,3)4)10-12-8-6-5-7-9-12/h5-9,13H,10H2,1-4H3,(H,18,22)(H,19,20)/t13-/m1/s1. The van der Waals surface area contributed by atoms with E-state index in [0.717, 1.165) is 5.56 Å². The number of nitro groups is 1. The Labute approximate surface area is 140 Å². The molecule has 0 fully saturated rings. The Kier molecular flexibility index (Phi) is 5.02. The molecular weight excluding hydrogens is 308 g/mol. The van der Waals surface area contributed by atoms with Gasteiger partial charge in [-0.2, -0.15) is 5.10 Å². The number of aromatic amines is 1. The minimum atomic E-state index is -0.586. The molecule has 2 N–H and O–H groups in total. The summed E-state index contributed by atoms with van der Waals surface area (Å²) >= 11 is 0. The Hall–Kier alpha value is -2.70.